The molecule has 0 aliphatic heterocycles. The minimum absolute atomic E-state index is 0.125. The number of hydrogen-bond donors (Lipinski definition) is 5. The molecule has 0 aliphatic rings. The molecule has 2 rings (SSSR count). The molecule has 0 amide bonds. The maximum absolute atomic E-state index is 12.5. The van der Waals surface area contributed by atoms with Gasteiger partial charge in [-0.25, -0.2) is 4.98 Å². The van der Waals surface area contributed by atoms with Gasteiger partial charge in [-0.3, -0.25) is 14.6 Å². The Balaban J connectivity index is 0.000000534. The summed E-state index contributed by atoms with van der Waals surface area (Å²) >= 11 is 11.9. The number of anilines is 2. The number of aromatic nitrogens is 2. The number of aliphatic hydroxyl groups excluding tert-OH is 1. The molecule has 218 valence electrons. The zero-order valence-corrected chi connectivity index (χ0v) is 25.4. The summed E-state index contributed by atoms with van der Waals surface area (Å²) < 4.78 is 0. The minimum Gasteiger partial charge on any atom is -0.396 e. The monoisotopic (exact) mass is 581 g/mol. The fourth-order valence-electron chi connectivity index (χ4n) is 4.18. The van der Waals surface area contributed by atoms with Gasteiger partial charge in [0.05, 0.1) is 10.0 Å². The summed E-state index contributed by atoms with van der Waals surface area (Å²) in [7, 11) is 0. The lowest BCUT2D eigenvalue weighted by Crippen LogP contribution is -2.27. The molecule has 1 aromatic heterocycles. The van der Waals surface area contributed by atoms with Crippen LogP contribution in [0.1, 0.15) is 90.8 Å². The van der Waals surface area contributed by atoms with Gasteiger partial charge in [-0.2, -0.15) is 0 Å². The van der Waals surface area contributed by atoms with Crippen LogP contribution in [0, 0.1) is 17.2 Å². The smallest absolute Gasteiger partial charge is 0.276 e. The van der Waals surface area contributed by atoms with Gasteiger partial charge < -0.3 is 21.1 Å². The molecule has 0 bridgehead atoms. The van der Waals surface area contributed by atoms with E-state index < -0.39 is 0 Å². The van der Waals surface area contributed by atoms with Crippen molar-refractivity contribution in [1.82, 2.24) is 9.97 Å². The molecule has 2 aromatic rings. The van der Waals surface area contributed by atoms with Crippen molar-refractivity contribution < 1.29 is 9.90 Å². The quantitative estimate of drug-likeness (QED) is 0.135. The summed E-state index contributed by atoms with van der Waals surface area (Å²) in [5.41, 5.74) is 1.26. The van der Waals surface area contributed by atoms with E-state index in [2.05, 4.69) is 48.3 Å². The van der Waals surface area contributed by atoms with Crippen LogP contribution in [0.3, 0.4) is 0 Å². The summed E-state index contributed by atoms with van der Waals surface area (Å²) in [4.78, 5) is 30.9. The second-order valence-corrected chi connectivity index (χ2v) is 11.0. The summed E-state index contributed by atoms with van der Waals surface area (Å²) in [6.07, 6.45) is 7.16. The first kappa shape index (κ1) is 34.6. The number of Topliss-reactive ketones (excluding diaryl/α,β-unsaturated/α-hetero) is 1. The van der Waals surface area contributed by atoms with Gasteiger partial charge in [0.2, 0.25) is 5.95 Å². The molecule has 39 heavy (non-hydrogen) atoms. The zero-order chi connectivity index (χ0) is 29.4. The number of ketones is 1. The average molecular weight is 583 g/mol. The van der Waals surface area contributed by atoms with Gasteiger partial charge in [0.25, 0.3) is 5.56 Å². The Labute approximate surface area is 242 Å². The molecule has 0 aliphatic carbocycles. The predicted molar refractivity (Wildman–Crippen MR) is 164 cm³/mol. The molecule has 5 N–H and O–H groups in total. The van der Waals surface area contributed by atoms with Crippen LogP contribution in [0.5, 0.6) is 0 Å². The van der Waals surface area contributed by atoms with Crippen LogP contribution in [-0.2, 0) is 11.3 Å². The van der Waals surface area contributed by atoms with Crippen molar-refractivity contribution in [1.29, 1.82) is 5.41 Å². The maximum Gasteiger partial charge on any atom is 0.276 e. The highest BCUT2D eigenvalue weighted by molar-refractivity contribution is 6.42. The maximum atomic E-state index is 12.5. The summed E-state index contributed by atoms with van der Waals surface area (Å²) in [5, 5.41) is 23.4. The van der Waals surface area contributed by atoms with Crippen molar-refractivity contribution in [3.8, 4) is 0 Å². The molecule has 0 fully saturated rings. The molecule has 0 spiro atoms. The van der Waals surface area contributed by atoms with Crippen LogP contribution in [0.2, 0.25) is 10.0 Å². The Morgan fingerprint density at radius 2 is 1.82 bits per heavy atom. The van der Waals surface area contributed by atoms with Crippen LogP contribution in [-0.4, -0.2) is 39.7 Å². The van der Waals surface area contributed by atoms with E-state index in [1.807, 2.05) is 13.0 Å². The van der Waals surface area contributed by atoms with Crippen molar-refractivity contribution in [2.75, 3.05) is 17.2 Å². The van der Waals surface area contributed by atoms with Gasteiger partial charge >= 0.3 is 0 Å². The van der Waals surface area contributed by atoms with Gasteiger partial charge in [-0.05, 0) is 49.3 Å². The number of nitrogens with one attached hydrogen (secondary N) is 4. The SMILES string of the molecule is CC(C)CC(C)C(=O)CCCO.CCCC(CCC)Nc1c(C=N)nc(NCc2ccc(Cl)c(Cl)c2)[nH]c1=O. The predicted octanol–water partition coefficient (Wildman–Crippen LogP) is 7.08. The van der Waals surface area contributed by atoms with Crippen LogP contribution >= 0.6 is 23.2 Å². The van der Waals surface area contributed by atoms with E-state index in [0.29, 0.717) is 52.7 Å². The second kappa shape index (κ2) is 18.8. The first-order valence-corrected chi connectivity index (χ1v) is 14.5. The Hall–Kier alpha value is -2.42. The summed E-state index contributed by atoms with van der Waals surface area (Å²) in [5.74, 6) is 1.34. The molecule has 0 saturated carbocycles. The zero-order valence-electron chi connectivity index (χ0n) is 23.9. The number of carbonyl (C=O) groups is 1. The molecule has 1 heterocycles. The van der Waals surface area contributed by atoms with E-state index in [4.69, 9.17) is 33.7 Å². The van der Waals surface area contributed by atoms with Gasteiger partial charge in [0, 0.05) is 37.7 Å². The number of aromatic amines is 1. The Morgan fingerprint density at radius 3 is 2.36 bits per heavy atom. The number of hydrogen-bond acceptors (Lipinski definition) is 7. The van der Waals surface area contributed by atoms with Gasteiger partial charge in [0.1, 0.15) is 17.2 Å². The van der Waals surface area contributed by atoms with Crippen molar-refractivity contribution in [2.45, 2.75) is 92.2 Å². The molecule has 1 atom stereocenters. The van der Waals surface area contributed by atoms with Gasteiger partial charge in [0.15, 0.2) is 0 Å². The van der Waals surface area contributed by atoms with Crippen molar-refractivity contribution in [2.24, 2.45) is 11.8 Å². The summed E-state index contributed by atoms with van der Waals surface area (Å²) in [6.45, 7) is 11.0. The van der Waals surface area contributed by atoms with Crippen LogP contribution in [0.4, 0.5) is 11.6 Å². The standard InChI is InChI=1S/C19H25Cl2N5O.C10H20O2/c1-3-5-13(6-4-2)24-17-16(10-22)25-19(26-18(17)27)23-11-12-7-8-14(20)15(21)9-12;1-8(2)7-9(3)10(12)5-4-6-11/h7-10,13,22,24H,3-6,11H2,1-2H3,(H2,23,25,26,27);8-9,11H,4-7H2,1-3H3. The Kier molecular flexibility index (Phi) is 16.7. The number of nitrogens with zero attached hydrogens (tertiary/aromatic N) is 1. The molecule has 0 saturated heterocycles. The third-order valence-corrected chi connectivity index (χ3v) is 6.85. The molecule has 1 aromatic carbocycles. The van der Waals surface area contributed by atoms with E-state index >= 15 is 0 Å². The average Bonchev–Trinajstić information content (AvgIpc) is 2.89. The van der Waals surface area contributed by atoms with Crippen LogP contribution in [0.25, 0.3) is 0 Å². The molecule has 1 unspecified atom stereocenters. The molecule has 0 radical (unpaired) electrons. The van der Waals surface area contributed by atoms with Crippen molar-refractivity contribution >= 4 is 46.8 Å². The highest BCUT2D eigenvalue weighted by Crippen LogP contribution is 2.23. The lowest BCUT2D eigenvalue weighted by Gasteiger charge is -2.19. The van der Waals surface area contributed by atoms with Crippen molar-refractivity contribution in [3.05, 3.63) is 49.9 Å². The number of rotatable bonds is 16. The molecule has 8 nitrogen and oxygen atoms in total. The number of aliphatic hydroxyl groups is 1. The lowest BCUT2D eigenvalue weighted by atomic mass is 9.93. The van der Waals surface area contributed by atoms with Gasteiger partial charge in [-0.15, -0.1) is 0 Å². The highest BCUT2D eigenvalue weighted by atomic mass is 35.5. The number of carbonyl (C=O) groups excluding carboxylic acids is 1. The summed E-state index contributed by atoms with van der Waals surface area (Å²) in [6, 6.07) is 5.50. The minimum atomic E-state index is -0.294. The number of H-pyrrole nitrogens is 1. The fraction of sp³-hybridized carbons (Fsp3) is 0.586. The first-order valence-electron chi connectivity index (χ1n) is 13.8. The van der Waals surface area contributed by atoms with E-state index in [1.165, 1.54) is 0 Å². The van der Waals surface area contributed by atoms with Crippen LogP contribution in [0.15, 0.2) is 23.0 Å². The third kappa shape index (κ3) is 13.0. The number of halogens is 2. The van der Waals surface area contributed by atoms with E-state index in [9.17, 15) is 9.59 Å². The normalized spacial score (nSPS) is 11.6. The van der Waals surface area contributed by atoms with Gasteiger partial charge in [-0.1, -0.05) is 76.7 Å². The van der Waals surface area contributed by atoms with Crippen molar-refractivity contribution in [3.63, 3.8) is 0 Å². The second-order valence-electron chi connectivity index (χ2n) is 10.2. The Bertz CT molecular complexity index is 1090. The molecular formula is C29H45Cl2N5O3. The topological polar surface area (TPSA) is 131 Å². The highest BCUT2D eigenvalue weighted by Gasteiger charge is 2.15. The lowest BCUT2D eigenvalue weighted by molar-refractivity contribution is -0.123. The molecule has 10 heteroatoms. The third-order valence-electron chi connectivity index (χ3n) is 6.11. The molecular weight excluding hydrogens is 537 g/mol. The Morgan fingerprint density at radius 1 is 1.15 bits per heavy atom. The van der Waals surface area contributed by atoms with E-state index in [1.54, 1.807) is 12.1 Å². The van der Waals surface area contributed by atoms with Crippen LogP contribution < -0.4 is 16.2 Å². The largest absolute Gasteiger partial charge is 0.396 e. The first-order chi connectivity index (χ1) is 18.6. The van der Waals surface area contributed by atoms with E-state index in [0.717, 1.165) is 43.9 Å². The number of benzene rings is 1. The fourth-order valence-corrected chi connectivity index (χ4v) is 4.50. The van der Waals surface area contributed by atoms with E-state index in [-0.39, 0.29) is 29.9 Å².